The van der Waals surface area contributed by atoms with Gasteiger partial charge in [-0.1, -0.05) is 0 Å². The van der Waals surface area contributed by atoms with Crippen molar-refractivity contribution in [2.45, 2.75) is 28.9 Å². The van der Waals surface area contributed by atoms with Gasteiger partial charge in [-0.15, -0.1) is 0 Å². The molecule has 1 unspecified atom stereocenters. The topological polar surface area (TPSA) is 23.8 Å². The van der Waals surface area contributed by atoms with Crippen molar-refractivity contribution in [3.05, 3.63) is 76.9 Å². The van der Waals surface area contributed by atoms with Crippen LogP contribution in [0.25, 0.3) is 0 Å². The summed E-state index contributed by atoms with van der Waals surface area (Å²) in [6.07, 6.45) is 0. The molecule has 0 amide bonds. The number of nitriles is 1. The van der Waals surface area contributed by atoms with Gasteiger partial charge in [-0.25, -0.2) is 0 Å². The Balaban J connectivity index is 1.81. The molecule has 1 fully saturated rings. The molecule has 4 heteroatoms. The van der Waals surface area contributed by atoms with Gasteiger partial charge in [0, 0.05) is 0 Å². The summed E-state index contributed by atoms with van der Waals surface area (Å²) in [7, 11) is 0. The van der Waals surface area contributed by atoms with Crippen LogP contribution in [0.2, 0.25) is 0 Å². The average molecular weight is 461 g/mol. The fraction of sp³-hybridized carbons (Fsp3) is 0.250. The Labute approximate surface area is 157 Å². The molecule has 0 radical (unpaired) electrons. The second-order valence-electron chi connectivity index (χ2n) is 6.50. The number of benzene rings is 2. The number of nitrogens with zero attached hydrogens (tertiary/aromatic N) is 1. The molecule has 1 saturated heterocycles. The second kappa shape index (κ2) is 6.14. The van der Waals surface area contributed by atoms with Crippen molar-refractivity contribution in [3.8, 4) is 6.07 Å². The third-order valence-corrected chi connectivity index (χ3v) is 21.3. The Morgan fingerprint density at radius 3 is 2.29 bits per heavy atom. The van der Waals surface area contributed by atoms with Crippen molar-refractivity contribution < 1.29 is 0 Å². The Morgan fingerprint density at radius 2 is 1.67 bits per heavy atom. The molecular formula is C20H18NPSe2. The quantitative estimate of drug-likeness (QED) is 0.380. The van der Waals surface area contributed by atoms with Crippen LogP contribution in [0.3, 0.4) is 0 Å². The van der Waals surface area contributed by atoms with Crippen molar-refractivity contribution in [1.82, 2.24) is 0 Å². The van der Waals surface area contributed by atoms with E-state index in [9.17, 15) is 0 Å². The Kier molecular flexibility index (Phi) is 4.25. The van der Waals surface area contributed by atoms with Gasteiger partial charge in [0.15, 0.2) is 0 Å². The summed E-state index contributed by atoms with van der Waals surface area (Å²) >= 11 is 4.31. The van der Waals surface area contributed by atoms with E-state index in [0.717, 1.165) is 10.1 Å². The minimum atomic E-state index is -1.33. The summed E-state index contributed by atoms with van der Waals surface area (Å²) in [6.45, 7) is 4.70. The zero-order chi connectivity index (χ0) is 16.9. The number of allylic oxidation sites excluding steroid dienone is 2. The summed E-state index contributed by atoms with van der Waals surface area (Å²) < 4.78 is 0.734. The third-order valence-electron chi connectivity index (χ3n) is 5.29. The molecule has 2 heterocycles. The molecule has 24 heavy (non-hydrogen) atoms. The van der Waals surface area contributed by atoms with Crippen molar-refractivity contribution in [3.63, 3.8) is 0 Å². The van der Waals surface area contributed by atoms with E-state index in [1.165, 1.54) is 10.9 Å². The molecule has 2 aromatic rings. The van der Waals surface area contributed by atoms with Crippen LogP contribution in [0.5, 0.6) is 0 Å². The van der Waals surface area contributed by atoms with Gasteiger partial charge >= 0.3 is 158 Å². The van der Waals surface area contributed by atoms with Crippen LogP contribution in [0.15, 0.2) is 65.7 Å². The van der Waals surface area contributed by atoms with Gasteiger partial charge in [-0.05, 0) is 0 Å². The maximum absolute atomic E-state index is 9.05. The Bertz CT molecular complexity index is 909. The molecule has 2 bridgehead atoms. The summed E-state index contributed by atoms with van der Waals surface area (Å²) in [5.74, 6) is 0. The normalized spacial score (nSPS) is 31.3. The van der Waals surface area contributed by atoms with Crippen LogP contribution in [0, 0.1) is 11.3 Å². The molecule has 4 atom stereocenters. The Hall–Kier alpha value is -0.861. The first-order chi connectivity index (χ1) is 11.6. The fourth-order valence-corrected chi connectivity index (χ4v) is 21.9. The van der Waals surface area contributed by atoms with Gasteiger partial charge in [0.25, 0.3) is 0 Å². The zero-order valence-corrected chi connectivity index (χ0v) is 18.0. The van der Waals surface area contributed by atoms with Gasteiger partial charge in [0.1, 0.15) is 0 Å². The molecule has 2 aliphatic heterocycles. The minimum absolute atomic E-state index is 0.567. The van der Waals surface area contributed by atoms with Crippen molar-refractivity contribution in [1.29, 1.82) is 5.26 Å². The van der Waals surface area contributed by atoms with Crippen LogP contribution in [0.4, 0.5) is 0 Å². The summed E-state index contributed by atoms with van der Waals surface area (Å²) in [4.78, 5) is 0.633. The van der Waals surface area contributed by atoms with E-state index in [2.05, 4.69) is 77.5 Å². The van der Waals surface area contributed by atoms with Crippen LogP contribution in [-0.4, -0.2) is 40.3 Å². The molecule has 0 N–H and O–H groups in total. The fourth-order valence-electron chi connectivity index (χ4n) is 3.95. The molecule has 0 aromatic heterocycles. The van der Waals surface area contributed by atoms with Gasteiger partial charge in [0.05, 0.1) is 0 Å². The van der Waals surface area contributed by atoms with E-state index in [0.29, 0.717) is 25.4 Å². The zero-order valence-electron chi connectivity index (χ0n) is 13.6. The predicted octanol–water partition coefficient (Wildman–Crippen LogP) is 3.79. The Morgan fingerprint density at radius 1 is 1.00 bits per heavy atom. The maximum atomic E-state index is 9.05. The van der Waals surface area contributed by atoms with Crippen LogP contribution < -0.4 is 5.30 Å². The number of fused-ring (bicyclic) bond motifs is 2. The SMILES string of the molecule is CC1=C(C)[C@@H]2[C@H](c3ccc(C#N)cc3)[Se][C@H]1P2(=[Se])c1ccccc1. The number of hydrogen-bond acceptors (Lipinski definition) is 1. The summed E-state index contributed by atoms with van der Waals surface area (Å²) in [5.41, 5.74) is 4.73. The van der Waals surface area contributed by atoms with Gasteiger partial charge in [0.2, 0.25) is 0 Å². The standard InChI is InChI=1S/C20H18NPSe2/c1-13-14(2)20-22(23,17-6-4-3-5-7-17)18(13)19(24-20)16-10-8-15(12-21)9-11-16/h3-11,18-20H,1-2H3/t18-,19+,20-,22?/m1/s1. The van der Waals surface area contributed by atoms with E-state index < -0.39 is 5.51 Å². The van der Waals surface area contributed by atoms with E-state index in [-0.39, 0.29) is 0 Å². The molecule has 0 saturated carbocycles. The molecular weight excluding hydrogens is 443 g/mol. The first kappa shape index (κ1) is 16.6. The average Bonchev–Trinajstić information content (AvgIpc) is 3.04. The third kappa shape index (κ3) is 2.29. The summed E-state index contributed by atoms with van der Waals surface area (Å²) in [5, 5.41) is 10.6. The predicted molar refractivity (Wildman–Crippen MR) is 104 cm³/mol. The number of rotatable bonds is 2. The molecule has 1 nitrogen and oxygen atoms in total. The molecule has 2 aromatic carbocycles. The molecule has 2 aliphatic rings. The summed E-state index contributed by atoms with van der Waals surface area (Å²) in [6, 6.07) is 21.7. The first-order valence-electron chi connectivity index (χ1n) is 8.05. The molecule has 4 rings (SSSR count). The van der Waals surface area contributed by atoms with Crippen molar-refractivity contribution >= 4 is 40.9 Å². The van der Waals surface area contributed by atoms with E-state index in [4.69, 9.17) is 5.26 Å². The van der Waals surface area contributed by atoms with E-state index in [1.54, 1.807) is 11.1 Å². The molecule has 0 aliphatic carbocycles. The van der Waals surface area contributed by atoms with E-state index in [1.807, 2.05) is 12.1 Å². The second-order valence-corrected chi connectivity index (χ2v) is 16.7. The van der Waals surface area contributed by atoms with Gasteiger partial charge < -0.3 is 0 Å². The first-order valence-corrected chi connectivity index (χ1v) is 14.2. The van der Waals surface area contributed by atoms with Crippen molar-refractivity contribution in [2.24, 2.45) is 0 Å². The van der Waals surface area contributed by atoms with Crippen LogP contribution in [-0.2, 0) is 0 Å². The van der Waals surface area contributed by atoms with Gasteiger partial charge in [-0.2, -0.15) is 0 Å². The van der Waals surface area contributed by atoms with Gasteiger partial charge in [-0.3, -0.25) is 0 Å². The van der Waals surface area contributed by atoms with Crippen LogP contribution in [0.1, 0.15) is 29.8 Å². The molecule has 0 spiro atoms. The van der Waals surface area contributed by atoms with E-state index >= 15 is 0 Å². The number of hydrogen-bond donors (Lipinski definition) is 0. The monoisotopic (exact) mass is 463 g/mol. The van der Waals surface area contributed by atoms with Crippen LogP contribution >= 0.6 is 5.51 Å². The van der Waals surface area contributed by atoms with Crippen molar-refractivity contribution in [2.75, 3.05) is 0 Å². The molecule has 120 valence electrons.